The Labute approximate surface area is 212 Å². The molecule has 1 amide bonds. The second kappa shape index (κ2) is 9.54. The molecule has 0 radical (unpaired) electrons. The number of aryl methyl sites for hydroxylation is 2. The van der Waals surface area contributed by atoms with Gasteiger partial charge in [-0.1, -0.05) is 35.9 Å². The van der Waals surface area contributed by atoms with E-state index in [9.17, 15) is 9.18 Å². The summed E-state index contributed by atoms with van der Waals surface area (Å²) < 4.78 is 16.9. The van der Waals surface area contributed by atoms with Crippen LogP contribution < -0.4 is 5.32 Å². The van der Waals surface area contributed by atoms with Crippen molar-refractivity contribution in [1.82, 2.24) is 24.5 Å². The lowest BCUT2D eigenvalue weighted by Crippen LogP contribution is -2.20. The van der Waals surface area contributed by atoms with Gasteiger partial charge in [-0.05, 0) is 67.8 Å². The van der Waals surface area contributed by atoms with E-state index in [-0.39, 0.29) is 18.3 Å². The van der Waals surface area contributed by atoms with Gasteiger partial charge in [0.25, 0.3) is 0 Å². The van der Waals surface area contributed by atoms with Crippen LogP contribution in [0.4, 0.5) is 10.1 Å². The minimum absolute atomic E-state index is 0.00848. The number of hydrogen-bond acceptors (Lipinski definition) is 4. The minimum atomic E-state index is -0.296. The van der Waals surface area contributed by atoms with E-state index in [1.165, 1.54) is 12.1 Å². The molecule has 3 heterocycles. The summed E-state index contributed by atoms with van der Waals surface area (Å²) in [6.07, 6.45) is 1.67. The summed E-state index contributed by atoms with van der Waals surface area (Å²) in [5, 5.41) is 13.7. The molecule has 182 valence electrons. The number of anilines is 1. The summed E-state index contributed by atoms with van der Waals surface area (Å²) in [5.41, 5.74) is 6.41. The van der Waals surface area contributed by atoms with Crippen LogP contribution in [-0.2, 0) is 17.9 Å². The normalized spacial score (nSPS) is 11.2. The van der Waals surface area contributed by atoms with E-state index in [4.69, 9.17) is 11.6 Å². The van der Waals surface area contributed by atoms with Gasteiger partial charge in [0.15, 0.2) is 5.65 Å². The van der Waals surface area contributed by atoms with Crippen LogP contribution >= 0.6 is 11.6 Å². The highest BCUT2D eigenvalue weighted by molar-refractivity contribution is 6.30. The lowest BCUT2D eigenvalue weighted by Gasteiger charge is -2.08. The van der Waals surface area contributed by atoms with Crippen LogP contribution in [0, 0.1) is 26.6 Å². The van der Waals surface area contributed by atoms with Gasteiger partial charge in [-0.25, -0.2) is 14.1 Å². The Balaban J connectivity index is 1.38. The number of pyridine rings is 1. The van der Waals surface area contributed by atoms with Gasteiger partial charge in [0, 0.05) is 16.6 Å². The Hall–Kier alpha value is -4.04. The number of rotatable bonds is 6. The van der Waals surface area contributed by atoms with Crippen molar-refractivity contribution in [2.24, 2.45) is 0 Å². The summed E-state index contributed by atoms with van der Waals surface area (Å²) in [7, 11) is 0. The number of nitrogens with zero attached hydrogens (tertiary/aromatic N) is 5. The van der Waals surface area contributed by atoms with Crippen LogP contribution in [0.15, 0.2) is 60.8 Å². The van der Waals surface area contributed by atoms with Gasteiger partial charge in [-0.15, -0.1) is 0 Å². The Morgan fingerprint density at radius 1 is 0.944 bits per heavy atom. The highest BCUT2D eigenvalue weighted by atomic mass is 35.5. The molecule has 1 N–H and O–H groups in total. The van der Waals surface area contributed by atoms with Gasteiger partial charge in [-0.3, -0.25) is 9.48 Å². The number of nitrogens with one attached hydrogen (secondary N) is 1. The number of carbonyl (C=O) groups is 1. The SMILES string of the molecule is Cc1nn(Cc2ccc(Cl)cc2)c(C)c1NC(=O)Cn1nc(C)c2c(-c3ccc(F)cc3)ccnc21. The third-order valence-corrected chi connectivity index (χ3v) is 6.40. The maximum Gasteiger partial charge on any atom is 0.246 e. The van der Waals surface area contributed by atoms with Crippen LogP contribution in [-0.4, -0.2) is 30.5 Å². The Morgan fingerprint density at radius 2 is 1.64 bits per heavy atom. The average Bonchev–Trinajstić information content (AvgIpc) is 3.31. The number of carbonyl (C=O) groups excluding carboxylic acids is 1. The highest BCUT2D eigenvalue weighted by Crippen LogP contribution is 2.30. The number of amides is 1. The maximum absolute atomic E-state index is 13.4. The molecular weight excluding hydrogens is 479 g/mol. The van der Waals surface area contributed by atoms with Gasteiger partial charge in [0.05, 0.1) is 29.3 Å². The fourth-order valence-electron chi connectivity index (χ4n) is 4.37. The molecule has 2 aromatic carbocycles. The smallest absolute Gasteiger partial charge is 0.246 e. The molecule has 7 nitrogen and oxygen atoms in total. The average molecular weight is 503 g/mol. The molecule has 0 aliphatic rings. The van der Waals surface area contributed by atoms with Gasteiger partial charge < -0.3 is 5.32 Å². The standard InChI is InChI=1S/C27H24ClFN6O/c1-16-25-23(20-6-10-22(29)11-7-20)12-13-30-27(25)35(32-16)15-24(36)31-26-17(2)33-34(18(26)3)14-19-4-8-21(28)9-5-19/h4-13H,14-15H2,1-3H3,(H,31,36). The molecular formula is C27H24ClFN6O. The first-order valence-corrected chi connectivity index (χ1v) is 11.8. The van der Waals surface area contributed by atoms with E-state index >= 15 is 0 Å². The third kappa shape index (κ3) is 4.59. The van der Waals surface area contributed by atoms with Crippen molar-refractivity contribution in [2.45, 2.75) is 33.9 Å². The van der Waals surface area contributed by atoms with Crippen LogP contribution in [0.1, 0.15) is 22.6 Å². The van der Waals surface area contributed by atoms with Crippen LogP contribution in [0.25, 0.3) is 22.2 Å². The van der Waals surface area contributed by atoms with Crippen LogP contribution in [0.2, 0.25) is 5.02 Å². The van der Waals surface area contributed by atoms with E-state index in [0.29, 0.717) is 22.9 Å². The first kappa shape index (κ1) is 23.7. The van der Waals surface area contributed by atoms with Gasteiger partial charge in [-0.2, -0.15) is 10.2 Å². The molecule has 9 heteroatoms. The van der Waals surface area contributed by atoms with Crippen molar-refractivity contribution in [3.8, 4) is 11.1 Å². The zero-order valence-corrected chi connectivity index (χ0v) is 20.8. The second-order valence-corrected chi connectivity index (χ2v) is 9.12. The molecule has 5 aromatic rings. The van der Waals surface area contributed by atoms with E-state index in [0.717, 1.165) is 39.2 Å². The molecule has 0 bridgehead atoms. The van der Waals surface area contributed by atoms with E-state index < -0.39 is 0 Å². The van der Waals surface area contributed by atoms with Gasteiger partial charge in [0.2, 0.25) is 5.91 Å². The molecule has 36 heavy (non-hydrogen) atoms. The first-order valence-electron chi connectivity index (χ1n) is 11.5. The molecule has 0 fully saturated rings. The lowest BCUT2D eigenvalue weighted by molar-refractivity contribution is -0.116. The van der Waals surface area contributed by atoms with Crippen molar-refractivity contribution in [2.75, 3.05) is 5.32 Å². The molecule has 0 spiro atoms. The molecule has 0 aliphatic carbocycles. The quantitative estimate of drug-likeness (QED) is 0.323. The maximum atomic E-state index is 13.4. The Morgan fingerprint density at radius 3 is 2.36 bits per heavy atom. The fraction of sp³-hybridized carbons (Fsp3) is 0.185. The van der Waals surface area contributed by atoms with Crippen LogP contribution in [0.5, 0.6) is 0 Å². The van der Waals surface area contributed by atoms with Crippen molar-refractivity contribution in [3.05, 3.63) is 94.3 Å². The second-order valence-electron chi connectivity index (χ2n) is 8.69. The van der Waals surface area contributed by atoms with Crippen molar-refractivity contribution in [3.63, 3.8) is 0 Å². The third-order valence-electron chi connectivity index (χ3n) is 6.15. The zero-order valence-electron chi connectivity index (χ0n) is 20.1. The molecule has 0 saturated carbocycles. The summed E-state index contributed by atoms with van der Waals surface area (Å²) in [6.45, 7) is 6.23. The molecule has 0 aliphatic heterocycles. The van der Waals surface area contributed by atoms with E-state index in [1.807, 2.05) is 55.8 Å². The topological polar surface area (TPSA) is 77.6 Å². The van der Waals surface area contributed by atoms with E-state index in [2.05, 4.69) is 20.5 Å². The number of halogens is 2. The zero-order chi connectivity index (χ0) is 25.4. The largest absolute Gasteiger partial charge is 0.321 e. The predicted molar refractivity (Wildman–Crippen MR) is 139 cm³/mol. The van der Waals surface area contributed by atoms with Crippen LogP contribution in [0.3, 0.4) is 0 Å². The Bertz CT molecular complexity index is 1570. The molecule has 0 atom stereocenters. The summed E-state index contributed by atoms with van der Waals surface area (Å²) in [5.74, 6) is -0.527. The fourth-order valence-corrected chi connectivity index (χ4v) is 4.50. The molecule has 0 saturated heterocycles. The summed E-state index contributed by atoms with van der Waals surface area (Å²) in [6, 6.07) is 15.8. The number of benzene rings is 2. The highest BCUT2D eigenvalue weighted by Gasteiger charge is 2.18. The van der Waals surface area contributed by atoms with Crippen molar-refractivity contribution >= 4 is 34.2 Å². The summed E-state index contributed by atoms with van der Waals surface area (Å²) in [4.78, 5) is 17.5. The number of fused-ring (bicyclic) bond motifs is 1. The lowest BCUT2D eigenvalue weighted by atomic mass is 10.0. The minimum Gasteiger partial charge on any atom is -0.321 e. The van der Waals surface area contributed by atoms with Crippen molar-refractivity contribution < 1.29 is 9.18 Å². The van der Waals surface area contributed by atoms with Crippen molar-refractivity contribution in [1.29, 1.82) is 0 Å². The summed E-state index contributed by atoms with van der Waals surface area (Å²) >= 11 is 5.99. The molecule has 3 aromatic heterocycles. The molecule has 0 unspecified atom stereocenters. The van der Waals surface area contributed by atoms with Gasteiger partial charge >= 0.3 is 0 Å². The van der Waals surface area contributed by atoms with E-state index in [1.54, 1.807) is 23.0 Å². The van der Waals surface area contributed by atoms with Gasteiger partial charge in [0.1, 0.15) is 12.4 Å². The number of aromatic nitrogens is 5. The number of hydrogen-bond donors (Lipinski definition) is 1. The molecule has 5 rings (SSSR count). The monoisotopic (exact) mass is 502 g/mol. The predicted octanol–water partition coefficient (Wildman–Crippen LogP) is 5.70. The Kier molecular flexibility index (Phi) is 6.28. The first-order chi connectivity index (χ1) is 17.3.